The highest BCUT2D eigenvalue weighted by Gasteiger charge is 2.07. The molecule has 0 aliphatic carbocycles. The van der Waals surface area contributed by atoms with E-state index in [9.17, 15) is 9.59 Å². The van der Waals surface area contributed by atoms with E-state index in [1.54, 1.807) is 6.92 Å². The number of aromatic amines is 1. The van der Waals surface area contributed by atoms with Crippen LogP contribution in [0.1, 0.15) is 19.8 Å². The van der Waals surface area contributed by atoms with Gasteiger partial charge in [0.25, 0.3) is 5.56 Å². The summed E-state index contributed by atoms with van der Waals surface area (Å²) in [5, 5.41) is 0. The molecule has 0 aliphatic heterocycles. The molecule has 1 heterocycles. The third-order valence-corrected chi connectivity index (χ3v) is 4.04. The predicted octanol–water partition coefficient (Wildman–Crippen LogP) is 3.83. The quantitative estimate of drug-likeness (QED) is 0.476. The molecule has 0 atom stereocenters. The van der Waals surface area contributed by atoms with Crippen molar-refractivity contribution in [2.24, 2.45) is 0 Å². The predicted molar refractivity (Wildman–Crippen MR) is 107 cm³/mol. The molecule has 0 radical (unpaired) electrons. The molecule has 144 valence electrons. The molecular formula is C22H22N2O4. The minimum atomic E-state index is -0.213. The van der Waals surface area contributed by atoms with Crippen LogP contribution in [0.5, 0.6) is 5.75 Å². The summed E-state index contributed by atoms with van der Waals surface area (Å²) in [6, 6.07) is 18.4. The van der Waals surface area contributed by atoms with Gasteiger partial charge in [0.15, 0.2) is 0 Å². The Bertz CT molecular complexity index is 966. The summed E-state index contributed by atoms with van der Waals surface area (Å²) in [5.74, 6) is 0.976. The van der Waals surface area contributed by atoms with Crippen LogP contribution in [0.15, 0.2) is 65.5 Å². The molecule has 1 N–H and O–H groups in total. The molecule has 0 bridgehead atoms. The average Bonchev–Trinajstić information content (AvgIpc) is 2.72. The summed E-state index contributed by atoms with van der Waals surface area (Å²) in [5.41, 5.74) is 2.09. The highest BCUT2D eigenvalue weighted by atomic mass is 16.5. The lowest BCUT2D eigenvalue weighted by Gasteiger charge is -2.08. The van der Waals surface area contributed by atoms with E-state index in [4.69, 9.17) is 9.47 Å². The minimum Gasteiger partial charge on any atom is -0.494 e. The van der Waals surface area contributed by atoms with Gasteiger partial charge in [-0.05, 0) is 37.6 Å². The van der Waals surface area contributed by atoms with E-state index in [-0.39, 0.29) is 11.5 Å². The van der Waals surface area contributed by atoms with Gasteiger partial charge in [0.05, 0.1) is 18.9 Å². The third kappa shape index (κ3) is 5.30. The van der Waals surface area contributed by atoms with Gasteiger partial charge in [-0.3, -0.25) is 9.59 Å². The van der Waals surface area contributed by atoms with E-state index in [1.807, 2.05) is 54.6 Å². The number of nitrogens with one attached hydrogen (secondary N) is 1. The van der Waals surface area contributed by atoms with E-state index in [0.717, 1.165) is 11.1 Å². The fourth-order valence-corrected chi connectivity index (χ4v) is 2.70. The lowest BCUT2D eigenvalue weighted by molar-refractivity contribution is -0.143. The zero-order valence-corrected chi connectivity index (χ0v) is 15.7. The summed E-state index contributed by atoms with van der Waals surface area (Å²) in [7, 11) is 0. The van der Waals surface area contributed by atoms with Crippen molar-refractivity contribution in [2.45, 2.75) is 19.8 Å². The van der Waals surface area contributed by atoms with E-state index < -0.39 is 0 Å². The van der Waals surface area contributed by atoms with Gasteiger partial charge in [-0.25, -0.2) is 4.98 Å². The van der Waals surface area contributed by atoms with Crippen LogP contribution in [-0.2, 0) is 9.53 Å². The van der Waals surface area contributed by atoms with Gasteiger partial charge in [0.2, 0.25) is 0 Å². The van der Waals surface area contributed by atoms with E-state index in [0.29, 0.717) is 43.3 Å². The number of aromatic nitrogens is 2. The molecule has 2 aromatic carbocycles. The molecule has 3 aromatic rings. The Morgan fingerprint density at radius 2 is 1.79 bits per heavy atom. The van der Waals surface area contributed by atoms with Crippen LogP contribution in [0.4, 0.5) is 0 Å². The molecule has 0 saturated heterocycles. The number of esters is 1. The van der Waals surface area contributed by atoms with E-state index in [2.05, 4.69) is 9.97 Å². The van der Waals surface area contributed by atoms with Crippen LogP contribution in [0, 0.1) is 0 Å². The van der Waals surface area contributed by atoms with Gasteiger partial charge in [-0.1, -0.05) is 30.3 Å². The van der Waals surface area contributed by atoms with Crippen molar-refractivity contribution in [3.05, 3.63) is 71.0 Å². The van der Waals surface area contributed by atoms with Crippen LogP contribution in [-0.4, -0.2) is 29.2 Å². The van der Waals surface area contributed by atoms with Crippen molar-refractivity contribution in [1.82, 2.24) is 9.97 Å². The standard InChI is InChI=1S/C22H22N2O4/c1-2-27-21(26)9-6-14-28-18-12-10-17(11-13-18)22-23-19(15-20(25)24-22)16-7-4-3-5-8-16/h3-5,7-8,10-13,15H,2,6,9,14H2,1H3,(H,23,24,25). The largest absolute Gasteiger partial charge is 0.494 e. The lowest BCUT2D eigenvalue weighted by Crippen LogP contribution is -2.08. The van der Waals surface area contributed by atoms with Gasteiger partial charge in [-0.15, -0.1) is 0 Å². The maximum atomic E-state index is 12.0. The van der Waals surface area contributed by atoms with Gasteiger partial charge < -0.3 is 14.5 Å². The van der Waals surface area contributed by atoms with Crippen molar-refractivity contribution in [1.29, 1.82) is 0 Å². The van der Waals surface area contributed by atoms with Crippen molar-refractivity contribution in [3.8, 4) is 28.4 Å². The number of ether oxygens (including phenoxy) is 2. The van der Waals surface area contributed by atoms with Crippen LogP contribution in [0.2, 0.25) is 0 Å². The number of hydrogen-bond donors (Lipinski definition) is 1. The van der Waals surface area contributed by atoms with Crippen molar-refractivity contribution in [3.63, 3.8) is 0 Å². The molecular weight excluding hydrogens is 356 g/mol. The summed E-state index contributed by atoms with van der Waals surface area (Å²) >= 11 is 0. The number of hydrogen-bond acceptors (Lipinski definition) is 5. The highest BCUT2D eigenvalue weighted by Crippen LogP contribution is 2.21. The topological polar surface area (TPSA) is 81.3 Å². The Kier molecular flexibility index (Phi) is 6.57. The first-order chi connectivity index (χ1) is 13.7. The van der Waals surface area contributed by atoms with Gasteiger partial charge >= 0.3 is 5.97 Å². The van der Waals surface area contributed by atoms with Crippen molar-refractivity contribution in [2.75, 3.05) is 13.2 Å². The van der Waals surface area contributed by atoms with Crippen molar-refractivity contribution >= 4 is 5.97 Å². The fourth-order valence-electron chi connectivity index (χ4n) is 2.70. The first-order valence-corrected chi connectivity index (χ1v) is 9.21. The second kappa shape index (κ2) is 9.50. The molecule has 28 heavy (non-hydrogen) atoms. The first-order valence-electron chi connectivity index (χ1n) is 9.21. The summed E-state index contributed by atoms with van der Waals surface area (Å²) in [6.45, 7) is 2.60. The summed E-state index contributed by atoms with van der Waals surface area (Å²) in [6.07, 6.45) is 0.929. The summed E-state index contributed by atoms with van der Waals surface area (Å²) in [4.78, 5) is 30.7. The molecule has 0 fully saturated rings. The van der Waals surface area contributed by atoms with Crippen LogP contribution >= 0.6 is 0 Å². The third-order valence-electron chi connectivity index (χ3n) is 4.04. The van der Waals surface area contributed by atoms with Gasteiger partial charge in [-0.2, -0.15) is 0 Å². The van der Waals surface area contributed by atoms with Gasteiger partial charge in [0, 0.05) is 23.6 Å². The number of nitrogens with zero attached hydrogens (tertiary/aromatic N) is 1. The SMILES string of the molecule is CCOC(=O)CCCOc1ccc(-c2nc(-c3ccccc3)cc(=O)[nH]2)cc1. The smallest absolute Gasteiger partial charge is 0.305 e. The Morgan fingerprint density at radius 1 is 1.04 bits per heavy atom. The highest BCUT2D eigenvalue weighted by molar-refractivity contribution is 5.69. The maximum absolute atomic E-state index is 12.0. The van der Waals surface area contributed by atoms with Gasteiger partial charge in [0.1, 0.15) is 11.6 Å². The number of rotatable bonds is 8. The van der Waals surface area contributed by atoms with Crippen LogP contribution in [0.25, 0.3) is 22.6 Å². The first kappa shape index (κ1) is 19.4. The average molecular weight is 378 g/mol. The summed E-state index contributed by atoms with van der Waals surface area (Å²) < 4.78 is 10.5. The van der Waals surface area contributed by atoms with Crippen LogP contribution in [0.3, 0.4) is 0 Å². The lowest BCUT2D eigenvalue weighted by atomic mass is 10.1. The van der Waals surface area contributed by atoms with Crippen LogP contribution < -0.4 is 10.3 Å². The number of carbonyl (C=O) groups excluding carboxylic acids is 1. The molecule has 6 nitrogen and oxygen atoms in total. The molecule has 6 heteroatoms. The second-order valence-electron chi connectivity index (χ2n) is 6.13. The number of benzene rings is 2. The normalized spacial score (nSPS) is 10.5. The van der Waals surface area contributed by atoms with E-state index in [1.165, 1.54) is 6.07 Å². The number of H-pyrrole nitrogens is 1. The molecule has 0 amide bonds. The number of carbonyl (C=O) groups is 1. The van der Waals surface area contributed by atoms with E-state index >= 15 is 0 Å². The Hall–Kier alpha value is -3.41. The Balaban J connectivity index is 1.66. The monoisotopic (exact) mass is 378 g/mol. The minimum absolute atomic E-state index is 0.205. The fraction of sp³-hybridized carbons (Fsp3) is 0.227. The molecule has 0 saturated carbocycles. The zero-order valence-electron chi connectivity index (χ0n) is 15.7. The molecule has 0 spiro atoms. The van der Waals surface area contributed by atoms with Crippen molar-refractivity contribution < 1.29 is 14.3 Å². The second-order valence-corrected chi connectivity index (χ2v) is 6.13. The maximum Gasteiger partial charge on any atom is 0.305 e. The zero-order chi connectivity index (χ0) is 19.8. The Labute approximate surface area is 163 Å². The molecule has 1 aromatic heterocycles. The Morgan fingerprint density at radius 3 is 2.50 bits per heavy atom. The molecule has 0 aliphatic rings. The molecule has 0 unspecified atom stereocenters. The molecule has 3 rings (SSSR count).